The van der Waals surface area contributed by atoms with Crippen LogP contribution in [0.4, 0.5) is 0 Å². The molecule has 20 heavy (non-hydrogen) atoms. The normalized spacial score (nSPS) is 17.9. The minimum Gasteiger partial charge on any atom is -0.0654 e. The summed E-state index contributed by atoms with van der Waals surface area (Å²) in [7, 11) is 0. The van der Waals surface area contributed by atoms with Crippen LogP contribution in [0.3, 0.4) is 0 Å². The molecule has 0 amide bonds. The third kappa shape index (κ3) is 4.96. The van der Waals surface area contributed by atoms with Gasteiger partial charge in [0.15, 0.2) is 0 Å². The standard InChI is InChI=1S/C20H32/c1-2-3-4-5-6-7-8-9-13-18-15-12-16-19-14-10-11-17-20(18)19/h10-11,14,17-18H,2-9,12-13,15-16H2,1H3. The molecule has 1 aliphatic carbocycles. The fourth-order valence-corrected chi connectivity index (χ4v) is 3.68. The number of benzene rings is 1. The lowest BCUT2D eigenvalue weighted by Gasteiger charge is -2.25. The van der Waals surface area contributed by atoms with E-state index in [0.29, 0.717) is 0 Å². The Morgan fingerprint density at radius 2 is 1.60 bits per heavy atom. The molecule has 1 atom stereocenters. The highest BCUT2D eigenvalue weighted by Crippen LogP contribution is 2.35. The Kier molecular flexibility index (Phi) is 7.19. The second-order valence-corrected chi connectivity index (χ2v) is 6.55. The molecule has 0 heteroatoms. The van der Waals surface area contributed by atoms with Crippen LogP contribution in [-0.2, 0) is 6.42 Å². The SMILES string of the molecule is CCCCCCCCCCC1CCCc2ccccc21. The third-order valence-electron chi connectivity index (χ3n) is 4.90. The van der Waals surface area contributed by atoms with Crippen LogP contribution in [0.2, 0.25) is 0 Å². The van der Waals surface area contributed by atoms with Gasteiger partial charge in [0.1, 0.15) is 0 Å². The highest BCUT2D eigenvalue weighted by molar-refractivity contribution is 5.32. The van der Waals surface area contributed by atoms with E-state index in [9.17, 15) is 0 Å². The van der Waals surface area contributed by atoms with Gasteiger partial charge in [-0.3, -0.25) is 0 Å². The summed E-state index contributed by atoms with van der Waals surface area (Å²) in [5.74, 6) is 0.861. The van der Waals surface area contributed by atoms with Gasteiger partial charge in [-0.2, -0.15) is 0 Å². The van der Waals surface area contributed by atoms with Crippen molar-refractivity contribution >= 4 is 0 Å². The summed E-state index contributed by atoms with van der Waals surface area (Å²) in [6, 6.07) is 9.15. The predicted molar refractivity (Wildman–Crippen MR) is 89.3 cm³/mol. The first kappa shape index (κ1) is 15.6. The molecule has 0 fully saturated rings. The van der Waals surface area contributed by atoms with Gasteiger partial charge in [-0.05, 0) is 42.7 Å². The molecule has 1 aromatic carbocycles. The molecule has 0 heterocycles. The van der Waals surface area contributed by atoms with Crippen molar-refractivity contribution in [3.8, 4) is 0 Å². The zero-order chi connectivity index (χ0) is 14.0. The van der Waals surface area contributed by atoms with Gasteiger partial charge < -0.3 is 0 Å². The van der Waals surface area contributed by atoms with E-state index < -0.39 is 0 Å². The zero-order valence-electron chi connectivity index (χ0n) is 13.4. The first-order valence-corrected chi connectivity index (χ1v) is 8.99. The van der Waals surface area contributed by atoms with Crippen molar-refractivity contribution in [1.82, 2.24) is 0 Å². The molecule has 0 spiro atoms. The smallest absolute Gasteiger partial charge is 0.0159 e. The van der Waals surface area contributed by atoms with E-state index in [1.54, 1.807) is 11.1 Å². The van der Waals surface area contributed by atoms with Crippen molar-refractivity contribution in [2.45, 2.75) is 89.9 Å². The van der Waals surface area contributed by atoms with Crippen molar-refractivity contribution < 1.29 is 0 Å². The van der Waals surface area contributed by atoms with Crippen molar-refractivity contribution in [3.63, 3.8) is 0 Å². The number of unbranched alkanes of at least 4 members (excludes halogenated alkanes) is 7. The minimum atomic E-state index is 0.861. The molecule has 2 rings (SSSR count). The molecule has 0 nitrogen and oxygen atoms in total. The topological polar surface area (TPSA) is 0 Å². The van der Waals surface area contributed by atoms with Crippen molar-refractivity contribution in [2.24, 2.45) is 0 Å². The number of aryl methyl sites for hydroxylation is 1. The van der Waals surface area contributed by atoms with Gasteiger partial charge >= 0.3 is 0 Å². The van der Waals surface area contributed by atoms with Crippen molar-refractivity contribution in [2.75, 3.05) is 0 Å². The van der Waals surface area contributed by atoms with Crippen LogP contribution >= 0.6 is 0 Å². The number of fused-ring (bicyclic) bond motifs is 1. The third-order valence-corrected chi connectivity index (χ3v) is 4.90. The lowest BCUT2D eigenvalue weighted by Crippen LogP contribution is -2.09. The molecule has 0 aromatic heterocycles. The summed E-state index contributed by atoms with van der Waals surface area (Å²) in [4.78, 5) is 0. The van der Waals surface area contributed by atoms with E-state index in [1.165, 1.54) is 77.0 Å². The van der Waals surface area contributed by atoms with Crippen LogP contribution in [0.25, 0.3) is 0 Å². The van der Waals surface area contributed by atoms with Gasteiger partial charge in [0.2, 0.25) is 0 Å². The van der Waals surface area contributed by atoms with E-state index in [2.05, 4.69) is 31.2 Å². The van der Waals surface area contributed by atoms with E-state index in [0.717, 1.165) is 5.92 Å². The van der Waals surface area contributed by atoms with Gasteiger partial charge in [0, 0.05) is 0 Å². The molecule has 112 valence electrons. The second-order valence-electron chi connectivity index (χ2n) is 6.55. The van der Waals surface area contributed by atoms with Crippen LogP contribution in [0.5, 0.6) is 0 Å². The molecular formula is C20H32. The summed E-state index contributed by atoms with van der Waals surface area (Å²) < 4.78 is 0. The van der Waals surface area contributed by atoms with E-state index in [4.69, 9.17) is 0 Å². The van der Waals surface area contributed by atoms with Gasteiger partial charge in [-0.15, -0.1) is 0 Å². The molecule has 1 aliphatic rings. The highest BCUT2D eigenvalue weighted by Gasteiger charge is 2.18. The molecule has 0 saturated heterocycles. The summed E-state index contributed by atoms with van der Waals surface area (Å²) in [6.45, 7) is 2.29. The van der Waals surface area contributed by atoms with E-state index in [1.807, 2.05) is 0 Å². The highest BCUT2D eigenvalue weighted by atomic mass is 14.2. The molecule has 1 unspecified atom stereocenters. The predicted octanol–water partition coefficient (Wildman–Crippen LogP) is 6.64. The van der Waals surface area contributed by atoms with E-state index >= 15 is 0 Å². The fourth-order valence-electron chi connectivity index (χ4n) is 3.68. The summed E-state index contributed by atoms with van der Waals surface area (Å²) in [6.07, 6.45) is 17.1. The molecule has 0 bridgehead atoms. The first-order chi connectivity index (χ1) is 9.92. The van der Waals surface area contributed by atoms with Crippen molar-refractivity contribution in [3.05, 3.63) is 35.4 Å². The maximum Gasteiger partial charge on any atom is -0.0159 e. The number of hydrogen-bond donors (Lipinski definition) is 0. The Bertz CT molecular complexity index is 366. The maximum atomic E-state index is 2.38. The zero-order valence-corrected chi connectivity index (χ0v) is 13.4. The minimum absolute atomic E-state index is 0.861. The Morgan fingerprint density at radius 3 is 2.40 bits per heavy atom. The van der Waals surface area contributed by atoms with Gasteiger partial charge in [0.05, 0.1) is 0 Å². The van der Waals surface area contributed by atoms with Crippen LogP contribution in [0.15, 0.2) is 24.3 Å². The quantitative estimate of drug-likeness (QED) is 0.442. The summed E-state index contributed by atoms with van der Waals surface area (Å²) in [5, 5.41) is 0. The number of rotatable bonds is 9. The Morgan fingerprint density at radius 1 is 0.900 bits per heavy atom. The molecule has 0 saturated carbocycles. The Hall–Kier alpha value is -0.780. The van der Waals surface area contributed by atoms with Crippen LogP contribution in [-0.4, -0.2) is 0 Å². The van der Waals surface area contributed by atoms with Gasteiger partial charge in [-0.25, -0.2) is 0 Å². The molecular weight excluding hydrogens is 240 g/mol. The average Bonchev–Trinajstić information content (AvgIpc) is 2.50. The van der Waals surface area contributed by atoms with Crippen LogP contribution in [0.1, 0.15) is 94.6 Å². The largest absolute Gasteiger partial charge is 0.0654 e. The Labute approximate surface area is 126 Å². The fraction of sp³-hybridized carbons (Fsp3) is 0.700. The Balaban J connectivity index is 1.61. The monoisotopic (exact) mass is 272 g/mol. The van der Waals surface area contributed by atoms with Crippen LogP contribution < -0.4 is 0 Å². The van der Waals surface area contributed by atoms with Gasteiger partial charge in [0.25, 0.3) is 0 Å². The van der Waals surface area contributed by atoms with Crippen LogP contribution in [0, 0.1) is 0 Å². The van der Waals surface area contributed by atoms with Crippen molar-refractivity contribution in [1.29, 1.82) is 0 Å². The molecule has 0 radical (unpaired) electrons. The second kappa shape index (κ2) is 9.21. The maximum absolute atomic E-state index is 2.38. The average molecular weight is 272 g/mol. The molecule has 0 aliphatic heterocycles. The first-order valence-electron chi connectivity index (χ1n) is 8.99. The van der Waals surface area contributed by atoms with E-state index in [-0.39, 0.29) is 0 Å². The van der Waals surface area contributed by atoms with Gasteiger partial charge in [-0.1, -0.05) is 82.6 Å². The lowest BCUT2D eigenvalue weighted by atomic mass is 9.80. The lowest BCUT2D eigenvalue weighted by molar-refractivity contribution is 0.481. The number of hydrogen-bond acceptors (Lipinski definition) is 0. The summed E-state index contributed by atoms with van der Waals surface area (Å²) in [5.41, 5.74) is 3.30. The summed E-state index contributed by atoms with van der Waals surface area (Å²) >= 11 is 0. The molecule has 0 N–H and O–H groups in total. The molecule has 1 aromatic rings.